The summed E-state index contributed by atoms with van der Waals surface area (Å²) in [6.45, 7) is 0. The molecule has 0 bridgehead atoms. The SMILES string of the molecule is c1ccc(-n2c3ccccc3c3ccc(-c4nc(-c5ccc(-n6c7ccccc7c7cc8cc(-n9c%10ccccc%10c%10c%11ccccc%11ccc%109)ccc8cc76)c6ccccc56)c5ccccc5n4)cc32)cc1.c1ccc2c(c1)ccc1c2c2ccccc2n1-c1ccc2cc3c(cc2c1)c1ccccc1n3-c1ccc2ccc(-c3nc(-c4ccc5c(c4)sc4ccccc45)nc4ccccc34)cc2c1. The van der Waals surface area contributed by atoms with Gasteiger partial charge in [-0.05, 0) is 217 Å². The molecule has 0 N–H and O–H groups in total. The maximum atomic E-state index is 5.52. The summed E-state index contributed by atoms with van der Waals surface area (Å²) >= 11 is 1.82. The third-order valence-corrected chi connectivity index (χ3v) is 30.5. The normalized spacial score (nSPS) is 12.1. The zero-order chi connectivity index (χ0) is 91.5. The van der Waals surface area contributed by atoms with E-state index < -0.39 is 0 Å². The Bertz CT molecular complexity index is 10800. The van der Waals surface area contributed by atoms with Gasteiger partial charge in [-0.1, -0.05) is 309 Å². The van der Waals surface area contributed by atoms with Gasteiger partial charge in [0.25, 0.3) is 0 Å². The van der Waals surface area contributed by atoms with Crippen molar-refractivity contribution in [3.05, 3.63) is 467 Å². The molecule has 23 aromatic carbocycles. The number of fused-ring (bicyclic) bond motifs is 28. The van der Waals surface area contributed by atoms with Crippen LogP contribution in [-0.4, -0.2) is 42.8 Å². The minimum Gasteiger partial charge on any atom is -0.309 e. The maximum absolute atomic E-state index is 5.52. The van der Waals surface area contributed by atoms with Crippen molar-refractivity contribution in [2.75, 3.05) is 0 Å². The first kappa shape index (κ1) is 77.9. The molecule has 0 spiro atoms. The van der Waals surface area contributed by atoms with Crippen LogP contribution in [-0.2, 0) is 0 Å². The fraction of sp³-hybridized carbons (Fsp3) is 0. The lowest BCUT2D eigenvalue weighted by atomic mass is 9.97. The van der Waals surface area contributed by atoms with Crippen LogP contribution in [0.1, 0.15) is 0 Å². The Labute approximate surface area is 804 Å². The summed E-state index contributed by atoms with van der Waals surface area (Å²) in [6, 6.07) is 170. The van der Waals surface area contributed by atoms with Gasteiger partial charge in [0.1, 0.15) is 0 Å². The average Bonchev–Trinajstić information content (AvgIpc) is 1.57. The van der Waals surface area contributed by atoms with Gasteiger partial charge in [0.2, 0.25) is 0 Å². The van der Waals surface area contributed by atoms with Crippen LogP contribution in [0.15, 0.2) is 467 Å². The number of thiophene rings is 1. The molecule has 0 saturated carbocycles. The smallest absolute Gasteiger partial charge is 0.160 e. The van der Waals surface area contributed by atoms with Crippen molar-refractivity contribution in [1.29, 1.82) is 0 Å². The van der Waals surface area contributed by atoms with Gasteiger partial charge in [-0.15, -0.1) is 11.3 Å². The van der Waals surface area contributed by atoms with Crippen LogP contribution >= 0.6 is 11.3 Å². The minimum absolute atomic E-state index is 0.692. The van der Waals surface area contributed by atoms with E-state index >= 15 is 0 Å². The highest BCUT2D eigenvalue weighted by atomic mass is 32.1. The predicted octanol–water partition coefficient (Wildman–Crippen LogP) is 34.7. The van der Waals surface area contributed by atoms with Crippen LogP contribution in [0.4, 0.5) is 0 Å². The average molecular weight is 1800 g/mol. The van der Waals surface area contributed by atoms with Gasteiger partial charge in [0.05, 0.1) is 83.3 Å². The summed E-state index contributed by atoms with van der Waals surface area (Å²) in [7, 11) is 0. The first-order chi connectivity index (χ1) is 69.4. The lowest BCUT2D eigenvalue weighted by molar-refractivity contribution is 1.18. The molecule has 648 valence electrons. The number of aromatic nitrogens is 9. The van der Waals surface area contributed by atoms with Crippen molar-refractivity contribution in [2.24, 2.45) is 0 Å². The summed E-state index contributed by atoms with van der Waals surface area (Å²) in [5, 5.41) is 31.5. The number of para-hydroxylation sites is 8. The molecule has 0 fully saturated rings. The van der Waals surface area contributed by atoms with E-state index in [-0.39, 0.29) is 0 Å². The van der Waals surface area contributed by atoms with Gasteiger partial charge >= 0.3 is 0 Å². The predicted molar refractivity (Wildman–Crippen MR) is 590 cm³/mol. The number of hydrogen-bond donors (Lipinski definition) is 0. The number of hydrogen-bond acceptors (Lipinski definition) is 5. The van der Waals surface area contributed by atoms with Crippen LogP contribution in [0, 0.1) is 0 Å². The van der Waals surface area contributed by atoms with Gasteiger partial charge in [0, 0.05) is 135 Å². The van der Waals surface area contributed by atoms with Gasteiger partial charge < -0.3 is 22.8 Å². The topological polar surface area (TPSA) is 76.2 Å². The third-order valence-electron chi connectivity index (χ3n) is 29.4. The lowest BCUT2D eigenvalue weighted by Crippen LogP contribution is -1.99. The fourth-order valence-corrected chi connectivity index (χ4v) is 24.3. The van der Waals surface area contributed by atoms with Crippen molar-refractivity contribution in [2.45, 2.75) is 0 Å². The molecular formula is C130H77N9S. The van der Waals surface area contributed by atoms with Crippen molar-refractivity contribution < 1.29 is 0 Å². The van der Waals surface area contributed by atoms with Crippen LogP contribution < -0.4 is 0 Å². The molecule has 8 aromatic heterocycles. The van der Waals surface area contributed by atoms with E-state index in [4.69, 9.17) is 19.9 Å². The largest absolute Gasteiger partial charge is 0.309 e. The molecule has 31 rings (SSSR count). The molecule has 0 radical (unpaired) electrons. The molecule has 0 atom stereocenters. The number of benzene rings is 23. The minimum atomic E-state index is 0.692. The fourth-order valence-electron chi connectivity index (χ4n) is 23.1. The molecule has 0 amide bonds. The molecule has 140 heavy (non-hydrogen) atoms. The van der Waals surface area contributed by atoms with Crippen LogP contribution in [0.25, 0.3) is 289 Å². The van der Waals surface area contributed by atoms with E-state index in [1.807, 2.05) is 11.3 Å². The zero-order valence-corrected chi connectivity index (χ0v) is 76.2. The molecule has 0 aliphatic carbocycles. The summed E-state index contributed by atoms with van der Waals surface area (Å²) < 4.78 is 14.7. The summed E-state index contributed by atoms with van der Waals surface area (Å²) in [6.07, 6.45) is 0. The molecular weight excluding hydrogens is 1720 g/mol. The monoisotopic (exact) mass is 1800 g/mol. The Morgan fingerprint density at radius 1 is 0.164 bits per heavy atom. The molecule has 8 heterocycles. The Morgan fingerprint density at radius 2 is 0.550 bits per heavy atom. The molecule has 0 unspecified atom stereocenters. The van der Waals surface area contributed by atoms with Crippen molar-refractivity contribution >= 4 is 227 Å². The first-order valence-electron chi connectivity index (χ1n) is 47.8. The zero-order valence-electron chi connectivity index (χ0n) is 75.4. The maximum Gasteiger partial charge on any atom is 0.160 e. The van der Waals surface area contributed by atoms with Crippen LogP contribution in [0.3, 0.4) is 0 Å². The molecule has 0 saturated heterocycles. The highest BCUT2D eigenvalue weighted by Gasteiger charge is 2.26. The van der Waals surface area contributed by atoms with E-state index in [0.29, 0.717) is 5.82 Å². The van der Waals surface area contributed by atoms with E-state index in [9.17, 15) is 0 Å². The van der Waals surface area contributed by atoms with Crippen LogP contribution in [0.2, 0.25) is 0 Å². The van der Waals surface area contributed by atoms with Gasteiger partial charge in [-0.3, -0.25) is 0 Å². The molecule has 10 heteroatoms. The third kappa shape index (κ3) is 11.9. The Balaban J connectivity index is 0.000000132. The second kappa shape index (κ2) is 30.5. The van der Waals surface area contributed by atoms with E-state index in [1.165, 1.54) is 172 Å². The van der Waals surface area contributed by atoms with E-state index in [2.05, 4.69) is 490 Å². The van der Waals surface area contributed by atoms with Crippen LogP contribution in [0.5, 0.6) is 0 Å². The van der Waals surface area contributed by atoms with Crippen molar-refractivity contribution in [3.63, 3.8) is 0 Å². The van der Waals surface area contributed by atoms with Gasteiger partial charge in [-0.25, -0.2) is 19.9 Å². The second-order valence-corrected chi connectivity index (χ2v) is 38.1. The quantitative estimate of drug-likeness (QED) is 0.144. The Hall–Kier alpha value is -18.5. The van der Waals surface area contributed by atoms with Gasteiger partial charge in [-0.2, -0.15) is 0 Å². The van der Waals surface area contributed by atoms with E-state index in [1.54, 1.807) is 0 Å². The highest BCUT2D eigenvalue weighted by molar-refractivity contribution is 7.25. The molecule has 9 nitrogen and oxygen atoms in total. The highest BCUT2D eigenvalue weighted by Crippen LogP contribution is 2.48. The molecule has 0 aliphatic heterocycles. The summed E-state index contributed by atoms with van der Waals surface area (Å²) in [5.74, 6) is 1.42. The van der Waals surface area contributed by atoms with Crippen molar-refractivity contribution in [3.8, 4) is 73.7 Å². The van der Waals surface area contributed by atoms with Gasteiger partial charge in [0.15, 0.2) is 11.6 Å². The van der Waals surface area contributed by atoms with Crippen molar-refractivity contribution in [1.82, 2.24) is 42.8 Å². The molecule has 0 aliphatic rings. The second-order valence-electron chi connectivity index (χ2n) is 37.1. The Morgan fingerprint density at radius 3 is 1.14 bits per heavy atom. The molecule has 31 aromatic rings. The first-order valence-corrected chi connectivity index (χ1v) is 48.6. The number of nitrogens with zero attached hydrogens (tertiary/aromatic N) is 9. The summed E-state index contributed by atoms with van der Waals surface area (Å²) in [5.41, 5.74) is 25.3. The lowest BCUT2D eigenvalue weighted by Gasteiger charge is -2.16. The standard InChI is InChI=1S/C68H41N5.C62H36N4S/c1-2-17-46(18-3-1)71-59-27-13-9-22-51(59)53-34-31-44(41-64(53)71)68-69-58-26-12-8-24-55(58)67(70-68)54-35-37-62(50-21-7-6-20-49(50)54)73-60-28-14-10-23-52(60)57-39-45-38-47(33-30-43(45)40-65(57)73)72-61-29-15-11-25-56(61)66-48-19-5-4-16-42(48)32-36-63(66)72;1-2-12-46-38(11-1)26-30-56-60(46)51-16-5-9-19-55(51)65(56)44-28-24-39-35-57-52(34-43(39)33-44)47-13-4-8-18-54(47)66(57)45-27-23-37-21-22-40(31-42(37)32-45)61-50-15-3-7-17-53(50)63-62(64-61)41-25-29-49-48-14-6-10-20-58(48)67-59(49)36-41/h1-41H;1-36H. The Kier molecular flexibility index (Phi) is 17.0. The summed E-state index contributed by atoms with van der Waals surface area (Å²) in [4.78, 5) is 21.2. The van der Waals surface area contributed by atoms with E-state index in [0.717, 1.165) is 111 Å². The number of rotatable bonds is 9.